The molecule has 27 heavy (non-hydrogen) atoms. The molecule has 1 heterocycles. The van der Waals surface area contributed by atoms with Gasteiger partial charge in [-0.1, -0.05) is 23.8 Å². The van der Waals surface area contributed by atoms with Gasteiger partial charge in [0.1, 0.15) is 17.4 Å². The Balaban J connectivity index is 1.71. The van der Waals surface area contributed by atoms with Gasteiger partial charge in [-0.3, -0.25) is 4.90 Å². The summed E-state index contributed by atoms with van der Waals surface area (Å²) in [6, 6.07) is 8.97. The van der Waals surface area contributed by atoms with Crippen LogP contribution in [0, 0.1) is 18.6 Å². The van der Waals surface area contributed by atoms with Crippen LogP contribution < -0.4 is 4.74 Å². The number of nitrogens with zero attached hydrogens (tertiary/aromatic N) is 2. The third-order valence-electron chi connectivity index (χ3n) is 4.68. The lowest BCUT2D eigenvalue weighted by Gasteiger charge is -2.34. The van der Waals surface area contributed by atoms with Gasteiger partial charge in [0.15, 0.2) is 4.90 Å². The van der Waals surface area contributed by atoms with Crippen LogP contribution in [-0.4, -0.2) is 50.9 Å². The highest BCUT2D eigenvalue weighted by Gasteiger charge is 2.33. The standard InChI is InChI=1S/C19H22F2N2O3S/c1-14-6-7-18(26-2)15(12-14)13-22-8-10-23(11-9-22)27(24,25)19-16(20)4-3-5-17(19)21/h3-7,12H,8-11,13H2,1-2H3. The zero-order valence-electron chi connectivity index (χ0n) is 15.3. The van der Waals surface area contributed by atoms with Gasteiger partial charge in [-0.15, -0.1) is 0 Å². The van der Waals surface area contributed by atoms with Gasteiger partial charge in [0.05, 0.1) is 7.11 Å². The first-order chi connectivity index (χ1) is 12.8. The molecular formula is C19H22F2N2O3S. The van der Waals surface area contributed by atoms with Crippen molar-refractivity contribution in [2.75, 3.05) is 33.3 Å². The number of aryl methyl sites for hydroxylation is 1. The Labute approximate surface area is 158 Å². The van der Waals surface area contributed by atoms with E-state index in [9.17, 15) is 17.2 Å². The Morgan fingerprint density at radius 2 is 1.67 bits per heavy atom. The number of benzene rings is 2. The van der Waals surface area contributed by atoms with Crippen molar-refractivity contribution in [3.63, 3.8) is 0 Å². The van der Waals surface area contributed by atoms with Crippen LogP contribution in [0.15, 0.2) is 41.3 Å². The fraction of sp³-hybridized carbons (Fsp3) is 0.368. The average molecular weight is 396 g/mol. The lowest BCUT2D eigenvalue weighted by Crippen LogP contribution is -2.48. The minimum Gasteiger partial charge on any atom is -0.496 e. The molecule has 3 rings (SSSR count). The molecule has 0 saturated carbocycles. The van der Waals surface area contributed by atoms with Crippen molar-refractivity contribution < 1.29 is 21.9 Å². The largest absolute Gasteiger partial charge is 0.496 e. The Kier molecular flexibility index (Phi) is 5.78. The van der Waals surface area contributed by atoms with Gasteiger partial charge in [-0.2, -0.15) is 4.31 Å². The lowest BCUT2D eigenvalue weighted by atomic mass is 10.1. The molecule has 0 aromatic heterocycles. The van der Waals surface area contributed by atoms with Gasteiger partial charge in [0.2, 0.25) is 10.0 Å². The number of hydrogen-bond acceptors (Lipinski definition) is 4. The highest BCUT2D eigenvalue weighted by Crippen LogP contribution is 2.25. The zero-order valence-corrected chi connectivity index (χ0v) is 16.1. The smallest absolute Gasteiger partial charge is 0.249 e. The number of piperazine rings is 1. The SMILES string of the molecule is COc1ccc(C)cc1CN1CCN(S(=O)(=O)c2c(F)cccc2F)CC1. The molecule has 1 aliphatic rings. The highest BCUT2D eigenvalue weighted by molar-refractivity contribution is 7.89. The van der Waals surface area contributed by atoms with Crippen molar-refractivity contribution in [1.82, 2.24) is 9.21 Å². The molecule has 5 nitrogen and oxygen atoms in total. The zero-order chi connectivity index (χ0) is 19.6. The number of ether oxygens (including phenoxy) is 1. The van der Waals surface area contributed by atoms with Crippen molar-refractivity contribution in [2.24, 2.45) is 0 Å². The van der Waals surface area contributed by atoms with Gasteiger partial charge in [0, 0.05) is 38.3 Å². The maximum atomic E-state index is 13.9. The van der Waals surface area contributed by atoms with E-state index in [4.69, 9.17) is 4.74 Å². The molecule has 0 atom stereocenters. The molecule has 2 aromatic rings. The first-order valence-corrected chi connectivity index (χ1v) is 10.1. The summed E-state index contributed by atoms with van der Waals surface area (Å²) in [5, 5.41) is 0. The van der Waals surface area contributed by atoms with Crippen LogP contribution in [0.4, 0.5) is 8.78 Å². The predicted octanol–water partition coefficient (Wildman–Crippen LogP) is 2.79. The Morgan fingerprint density at radius 3 is 2.26 bits per heavy atom. The minimum atomic E-state index is -4.21. The lowest BCUT2D eigenvalue weighted by molar-refractivity contribution is 0.179. The summed E-state index contributed by atoms with van der Waals surface area (Å²) >= 11 is 0. The molecule has 0 radical (unpaired) electrons. The van der Waals surface area contributed by atoms with E-state index in [-0.39, 0.29) is 13.1 Å². The van der Waals surface area contributed by atoms with Crippen molar-refractivity contribution in [3.05, 3.63) is 59.2 Å². The Bertz CT molecular complexity index is 906. The molecule has 0 N–H and O–H groups in total. The Hall–Kier alpha value is -2.03. The van der Waals surface area contributed by atoms with Gasteiger partial charge < -0.3 is 4.74 Å². The molecule has 2 aromatic carbocycles. The van der Waals surface area contributed by atoms with E-state index >= 15 is 0 Å². The van der Waals surface area contributed by atoms with Crippen LogP contribution in [0.1, 0.15) is 11.1 Å². The topological polar surface area (TPSA) is 49.9 Å². The number of methoxy groups -OCH3 is 1. The maximum Gasteiger partial charge on any atom is 0.249 e. The van der Waals surface area contributed by atoms with Gasteiger partial charge >= 0.3 is 0 Å². The number of halogens is 2. The summed E-state index contributed by atoms with van der Waals surface area (Å²) in [7, 11) is -2.59. The fourth-order valence-electron chi connectivity index (χ4n) is 3.26. The van der Waals surface area contributed by atoms with E-state index in [0.717, 1.165) is 39.4 Å². The minimum absolute atomic E-state index is 0.171. The van der Waals surface area contributed by atoms with Crippen molar-refractivity contribution >= 4 is 10.0 Å². The molecule has 146 valence electrons. The molecule has 8 heteroatoms. The number of sulfonamides is 1. The fourth-order valence-corrected chi connectivity index (χ4v) is 4.79. The van der Waals surface area contributed by atoms with Crippen LogP contribution in [0.5, 0.6) is 5.75 Å². The number of rotatable bonds is 5. The van der Waals surface area contributed by atoms with E-state index in [0.29, 0.717) is 19.6 Å². The van der Waals surface area contributed by atoms with Crippen molar-refractivity contribution in [1.29, 1.82) is 0 Å². The van der Waals surface area contributed by atoms with E-state index < -0.39 is 26.6 Å². The van der Waals surface area contributed by atoms with E-state index in [1.807, 2.05) is 25.1 Å². The van der Waals surface area contributed by atoms with Gasteiger partial charge in [-0.25, -0.2) is 17.2 Å². The third kappa shape index (κ3) is 4.12. The molecule has 1 fully saturated rings. The van der Waals surface area contributed by atoms with E-state index in [1.165, 1.54) is 0 Å². The van der Waals surface area contributed by atoms with Crippen LogP contribution in [0.3, 0.4) is 0 Å². The first kappa shape index (κ1) is 19.7. The highest BCUT2D eigenvalue weighted by atomic mass is 32.2. The van der Waals surface area contributed by atoms with Crippen molar-refractivity contribution in [3.8, 4) is 5.75 Å². The van der Waals surface area contributed by atoms with E-state index in [2.05, 4.69) is 4.90 Å². The quantitative estimate of drug-likeness (QED) is 0.780. The molecule has 0 bridgehead atoms. The third-order valence-corrected chi connectivity index (χ3v) is 6.63. The summed E-state index contributed by atoms with van der Waals surface area (Å²) < 4.78 is 59.6. The molecule has 0 amide bonds. The van der Waals surface area contributed by atoms with Gasteiger partial charge in [0.25, 0.3) is 0 Å². The van der Waals surface area contributed by atoms with Crippen molar-refractivity contribution in [2.45, 2.75) is 18.4 Å². The Morgan fingerprint density at radius 1 is 1.04 bits per heavy atom. The molecule has 0 unspecified atom stereocenters. The second kappa shape index (κ2) is 7.92. The summed E-state index contributed by atoms with van der Waals surface area (Å²) in [5.74, 6) is -1.35. The second-order valence-corrected chi connectivity index (χ2v) is 8.42. The monoisotopic (exact) mass is 396 g/mol. The molecule has 0 aliphatic carbocycles. The van der Waals surface area contributed by atoms with Crippen LogP contribution in [0.2, 0.25) is 0 Å². The number of hydrogen-bond donors (Lipinski definition) is 0. The molecular weight excluding hydrogens is 374 g/mol. The molecule has 1 aliphatic heterocycles. The predicted molar refractivity (Wildman–Crippen MR) is 98.1 cm³/mol. The molecule has 1 saturated heterocycles. The first-order valence-electron chi connectivity index (χ1n) is 8.63. The second-order valence-electron chi connectivity index (χ2n) is 6.55. The van der Waals surface area contributed by atoms with Crippen LogP contribution in [-0.2, 0) is 16.6 Å². The van der Waals surface area contributed by atoms with Crippen LogP contribution in [0.25, 0.3) is 0 Å². The van der Waals surface area contributed by atoms with Crippen LogP contribution >= 0.6 is 0 Å². The summed E-state index contributed by atoms with van der Waals surface area (Å²) in [5.41, 5.74) is 2.14. The van der Waals surface area contributed by atoms with E-state index in [1.54, 1.807) is 7.11 Å². The summed E-state index contributed by atoms with van der Waals surface area (Å²) in [6.07, 6.45) is 0. The average Bonchev–Trinajstić information content (AvgIpc) is 2.62. The normalized spacial score (nSPS) is 16.4. The summed E-state index contributed by atoms with van der Waals surface area (Å²) in [4.78, 5) is 1.22. The maximum absolute atomic E-state index is 13.9. The summed E-state index contributed by atoms with van der Waals surface area (Å²) in [6.45, 7) is 3.89. The van der Waals surface area contributed by atoms with Gasteiger partial charge in [-0.05, 0) is 25.1 Å². The molecule has 0 spiro atoms.